The van der Waals surface area contributed by atoms with Gasteiger partial charge in [0.25, 0.3) is 0 Å². The van der Waals surface area contributed by atoms with Gasteiger partial charge in [-0.1, -0.05) is 6.07 Å². The minimum absolute atomic E-state index is 0.949. The standard InChI is InChI=1S/C8H6N2/c1-2-5-9-8-4-6-10-7(8)3-1/h1-6H. The van der Waals surface area contributed by atoms with E-state index in [0.717, 1.165) is 11.4 Å². The summed E-state index contributed by atoms with van der Waals surface area (Å²) >= 11 is 0. The van der Waals surface area contributed by atoms with Crippen LogP contribution in [0.2, 0.25) is 0 Å². The van der Waals surface area contributed by atoms with Gasteiger partial charge in [0.2, 0.25) is 0 Å². The zero-order chi connectivity index (χ0) is 6.81. The zero-order valence-electron chi connectivity index (χ0n) is 5.36. The van der Waals surface area contributed by atoms with Gasteiger partial charge in [-0.3, -0.25) is 9.97 Å². The molecule has 0 bridgehead atoms. The molecule has 2 aliphatic heterocycles. The topological polar surface area (TPSA) is 25.8 Å². The minimum atomic E-state index is 0.949. The Morgan fingerprint density at radius 3 is 2.60 bits per heavy atom. The van der Waals surface area contributed by atoms with Gasteiger partial charge in [-0.25, -0.2) is 0 Å². The van der Waals surface area contributed by atoms with Crippen LogP contribution in [0.1, 0.15) is 0 Å². The van der Waals surface area contributed by atoms with Crippen LogP contribution < -0.4 is 0 Å². The molecule has 0 radical (unpaired) electrons. The Morgan fingerprint density at radius 2 is 1.60 bits per heavy atom. The molecule has 0 saturated carbocycles. The first-order valence-corrected chi connectivity index (χ1v) is 3.12. The Balaban J connectivity index is 2.74. The summed E-state index contributed by atoms with van der Waals surface area (Å²) in [5.74, 6) is 0. The number of fused-ring (bicyclic) bond motifs is 1. The molecule has 2 heteroatoms. The van der Waals surface area contributed by atoms with E-state index in [1.165, 1.54) is 0 Å². The van der Waals surface area contributed by atoms with Crippen LogP contribution in [0.5, 0.6) is 0 Å². The Kier molecular flexibility index (Phi) is 1.10. The second-order valence-electron chi connectivity index (χ2n) is 2.05. The van der Waals surface area contributed by atoms with Crippen LogP contribution in [-0.2, 0) is 0 Å². The fourth-order valence-corrected chi connectivity index (χ4v) is 0.897. The van der Waals surface area contributed by atoms with Gasteiger partial charge in [0.05, 0.1) is 11.4 Å². The summed E-state index contributed by atoms with van der Waals surface area (Å²) < 4.78 is 0. The summed E-state index contributed by atoms with van der Waals surface area (Å²) in [7, 11) is 0. The van der Waals surface area contributed by atoms with E-state index in [1.54, 1.807) is 12.4 Å². The normalized spacial score (nSPS) is 10.0. The van der Waals surface area contributed by atoms with Crippen LogP contribution in [0.25, 0.3) is 11.4 Å². The van der Waals surface area contributed by atoms with Crippen molar-refractivity contribution >= 4 is 0 Å². The Hall–Kier alpha value is -1.44. The molecule has 0 aromatic carbocycles. The van der Waals surface area contributed by atoms with Crippen LogP contribution in [0.15, 0.2) is 36.7 Å². The smallest absolute Gasteiger partial charge is 0.0901 e. The van der Waals surface area contributed by atoms with Crippen molar-refractivity contribution in [2.24, 2.45) is 0 Å². The van der Waals surface area contributed by atoms with E-state index in [1.807, 2.05) is 24.3 Å². The first-order chi connectivity index (χ1) is 4.97. The molecular weight excluding hydrogens is 124 g/mol. The van der Waals surface area contributed by atoms with Gasteiger partial charge in [-0.15, -0.1) is 0 Å². The van der Waals surface area contributed by atoms with E-state index in [9.17, 15) is 0 Å². The van der Waals surface area contributed by atoms with E-state index in [-0.39, 0.29) is 0 Å². The molecule has 0 aromatic heterocycles. The molecule has 0 saturated heterocycles. The lowest BCUT2D eigenvalue weighted by Crippen LogP contribution is -1.71. The van der Waals surface area contributed by atoms with Gasteiger partial charge in [0, 0.05) is 12.4 Å². The van der Waals surface area contributed by atoms with E-state index in [2.05, 4.69) is 9.97 Å². The average Bonchev–Trinajstić information content (AvgIpc) is 2.28. The second-order valence-corrected chi connectivity index (χ2v) is 2.05. The van der Waals surface area contributed by atoms with E-state index in [0.29, 0.717) is 0 Å². The lowest BCUT2D eigenvalue weighted by Gasteiger charge is -1.82. The third-order valence-electron chi connectivity index (χ3n) is 1.37. The highest BCUT2D eigenvalue weighted by molar-refractivity contribution is 5.54. The van der Waals surface area contributed by atoms with Gasteiger partial charge in [0.15, 0.2) is 0 Å². The summed E-state index contributed by atoms with van der Waals surface area (Å²) in [5.41, 5.74) is 1.90. The van der Waals surface area contributed by atoms with Crippen LogP contribution in [0, 0.1) is 0 Å². The Morgan fingerprint density at radius 1 is 0.800 bits per heavy atom. The first-order valence-electron chi connectivity index (χ1n) is 3.12. The van der Waals surface area contributed by atoms with Crippen LogP contribution in [0.3, 0.4) is 0 Å². The maximum absolute atomic E-state index is 4.14. The number of aromatic nitrogens is 2. The molecule has 0 aliphatic carbocycles. The number of nitrogens with zero attached hydrogens (tertiary/aromatic N) is 2. The molecule has 10 heavy (non-hydrogen) atoms. The molecule has 0 aromatic rings. The van der Waals surface area contributed by atoms with Crippen LogP contribution >= 0.6 is 0 Å². The molecule has 0 atom stereocenters. The highest BCUT2D eigenvalue weighted by atomic mass is 14.8. The molecule has 0 unspecified atom stereocenters. The van der Waals surface area contributed by atoms with E-state index >= 15 is 0 Å². The molecule has 48 valence electrons. The number of rotatable bonds is 0. The summed E-state index contributed by atoms with van der Waals surface area (Å²) in [6.07, 6.45) is 3.53. The molecule has 2 aliphatic rings. The van der Waals surface area contributed by atoms with Crippen molar-refractivity contribution in [1.29, 1.82) is 0 Å². The first kappa shape index (κ1) is 5.35. The summed E-state index contributed by atoms with van der Waals surface area (Å²) in [4.78, 5) is 8.24. The number of hydrogen-bond acceptors (Lipinski definition) is 2. The third kappa shape index (κ3) is 0.739. The molecule has 2 nitrogen and oxygen atoms in total. The van der Waals surface area contributed by atoms with Gasteiger partial charge in [0.1, 0.15) is 0 Å². The predicted octanol–water partition coefficient (Wildman–Crippen LogP) is 1.58. The monoisotopic (exact) mass is 130 g/mol. The van der Waals surface area contributed by atoms with Crippen molar-refractivity contribution in [3.8, 4) is 11.4 Å². The largest absolute Gasteiger partial charge is 0.255 e. The summed E-state index contributed by atoms with van der Waals surface area (Å²) in [6, 6.07) is 7.67. The van der Waals surface area contributed by atoms with Crippen LogP contribution in [-0.4, -0.2) is 9.97 Å². The SMILES string of the molecule is c1ccc2nccc-2nc1. The van der Waals surface area contributed by atoms with Crippen molar-refractivity contribution in [3.63, 3.8) is 0 Å². The fourth-order valence-electron chi connectivity index (χ4n) is 0.897. The third-order valence-corrected chi connectivity index (χ3v) is 1.37. The maximum atomic E-state index is 4.14. The Labute approximate surface area is 58.9 Å². The molecule has 0 spiro atoms. The minimum Gasteiger partial charge on any atom is -0.255 e. The van der Waals surface area contributed by atoms with Gasteiger partial charge in [-0.05, 0) is 18.2 Å². The van der Waals surface area contributed by atoms with Gasteiger partial charge < -0.3 is 0 Å². The molecule has 2 rings (SSSR count). The molecule has 2 heterocycles. The van der Waals surface area contributed by atoms with E-state index < -0.39 is 0 Å². The predicted molar refractivity (Wildman–Crippen MR) is 38.7 cm³/mol. The van der Waals surface area contributed by atoms with Crippen molar-refractivity contribution in [2.75, 3.05) is 0 Å². The summed E-state index contributed by atoms with van der Waals surface area (Å²) in [5, 5.41) is 0. The van der Waals surface area contributed by atoms with Crippen molar-refractivity contribution in [2.45, 2.75) is 0 Å². The average molecular weight is 130 g/mol. The Bertz CT molecular complexity index is 278. The maximum Gasteiger partial charge on any atom is 0.0901 e. The zero-order valence-corrected chi connectivity index (χ0v) is 5.36. The lowest BCUT2D eigenvalue weighted by atomic mass is 10.3. The van der Waals surface area contributed by atoms with Gasteiger partial charge in [-0.2, -0.15) is 0 Å². The van der Waals surface area contributed by atoms with E-state index in [4.69, 9.17) is 0 Å². The molecule has 0 fully saturated rings. The van der Waals surface area contributed by atoms with Gasteiger partial charge >= 0.3 is 0 Å². The lowest BCUT2D eigenvalue weighted by molar-refractivity contribution is 1.34. The second kappa shape index (κ2) is 2.06. The fraction of sp³-hybridized carbons (Fsp3) is 0. The quantitative estimate of drug-likeness (QED) is 0.541. The highest BCUT2D eigenvalue weighted by Crippen LogP contribution is 2.13. The highest BCUT2D eigenvalue weighted by Gasteiger charge is 1.98. The van der Waals surface area contributed by atoms with Crippen molar-refractivity contribution in [1.82, 2.24) is 9.97 Å². The van der Waals surface area contributed by atoms with Crippen molar-refractivity contribution < 1.29 is 0 Å². The summed E-state index contributed by atoms with van der Waals surface area (Å²) in [6.45, 7) is 0. The molecular formula is C8H6N2. The van der Waals surface area contributed by atoms with Crippen LogP contribution in [0.4, 0.5) is 0 Å². The molecule has 0 N–H and O–H groups in total. The number of hydrogen-bond donors (Lipinski definition) is 0. The molecule has 0 amide bonds. The van der Waals surface area contributed by atoms with Crippen molar-refractivity contribution in [3.05, 3.63) is 36.7 Å².